The number of pyridine rings is 4. The van der Waals surface area contributed by atoms with Gasteiger partial charge in [0, 0.05) is 278 Å². The number of piperazine rings is 4. The van der Waals surface area contributed by atoms with Gasteiger partial charge < -0.3 is 116 Å². The molecule has 2 aliphatic carbocycles. The van der Waals surface area contributed by atoms with Gasteiger partial charge in [-0.3, -0.25) is 14.4 Å². The summed E-state index contributed by atoms with van der Waals surface area (Å²) in [5.74, 6) is 3.18. The number of hydrogen-bond donors (Lipinski definition) is 8. The van der Waals surface area contributed by atoms with Gasteiger partial charge in [-0.15, -0.1) is 0 Å². The number of cyclic esters (lactones) is 1. The molecule has 0 atom stereocenters. The Morgan fingerprint density at radius 1 is 0.331 bits per heavy atom. The average Bonchev–Trinajstić information content (AvgIpc) is 1.68. The van der Waals surface area contributed by atoms with Crippen LogP contribution in [0.15, 0.2) is 134 Å². The van der Waals surface area contributed by atoms with E-state index in [1.54, 1.807) is 20.9 Å². The Hall–Kier alpha value is -11.8. The van der Waals surface area contributed by atoms with Crippen LogP contribution in [0.4, 0.5) is 136 Å². The van der Waals surface area contributed by atoms with Gasteiger partial charge in [-0.2, -0.15) is 39.5 Å². The fraction of sp³-hybridized carbons (Fsp3) is 0.538. The van der Waals surface area contributed by atoms with Crippen molar-refractivity contribution in [1.82, 2.24) is 59.1 Å². The second-order valence-corrected chi connectivity index (χ2v) is 39.0. The van der Waals surface area contributed by atoms with Gasteiger partial charge >= 0.3 is 24.6 Å². The normalized spacial score (nSPS) is 18.4. The van der Waals surface area contributed by atoms with Crippen LogP contribution in [0.2, 0.25) is 5.02 Å². The van der Waals surface area contributed by atoms with Gasteiger partial charge in [-0.25, -0.2) is 24.7 Å². The van der Waals surface area contributed by atoms with E-state index in [9.17, 15) is 58.7 Å². The molecule has 786 valence electrons. The van der Waals surface area contributed by atoms with Crippen LogP contribution in [0.25, 0.3) is 0 Å². The predicted octanol–water partition coefficient (Wildman–Crippen LogP) is 17.3. The van der Waals surface area contributed by atoms with Crippen molar-refractivity contribution in [2.24, 2.45) is 0 Å². The number of aromatic nitrogens is 4. The molecule has 0 unspecified atom stereocenters. The highest BCUT2D eigenvalue weighted by Gasteiger charge is 2.39. The lowest BCUT2D eigenvalue weighted by atomic mass is 10.1. The number of carbonyl (C=O) groups excluding carboxylic acids is 4. The van der Waals surface area contributed by atoms with Crippen molar-refractivity contribution in [3.63, 3.8) is 0 Å². The van der Waals surface area contributed by atoms with E-state index in [4.69, 9.17) is 25.8 Å². The Kier molecular flexibility index (Phi) is 38.1. The van der Waals surface area contributed by atoms with Crippen LogP contribution >= 0.6 is 11.6 Å². The van der Waals surface area contributed by atoms with E-state index < -0.39 is 35.2 Å². The molecule has 12 heterocycles. The molecule has 31 nitrogen and oxygen atoms in total. The van der Waals surface area contributed by atoms with Crippen LogP contribution in [0.1, 0.15) is 130 Å². The fourth-order valence-electron chi connectivity index (χ4n) is 18.6. The quantitative estimate of drug-likeness (QED) is 0.0137. The summed E-state index contributed by atoms with van der Waals surface area (Å²) in [6, 6.07) is 34.9. The number of likely N-dealkylation sites (N-methyl/N-ethyl adjacent to an activating group) is 4. The highest BCUT2D eigenvalue weighted by atomic mass is 35.5. The van der Waals surface area contributed by atoms with Crippen LogP contribution < -0.4 is 62.1 Å². The maximum atomic E-state index is 13.8. The second-order valence-electron chi connectivity index (χ2n) is 38.6. The Morgan fingerprint density at radius 3 is 1.02 bits per heavy atom. The molecule has 8 aliphatic heterocycles. The highest BCUT2D eigenvalue weighted by molar-refractivity contribution is 6.33. The Morgan fingerprint density at radius 2 is 0.655 bits per heavy atom. The van der Waals surface area contributed by atoms with Crippen LogP contribution in [0.5, 0.6) is 0 Å². The number of nitrogens with zero attached hydrogens (tertiary/aromatic N) is 16. The number of rotatable bonds is 34. The van der Waals surface area contributed by atoms with Crippen molar-refractivity contribution in [1.29, 1.82) is 0 Å². The number of likely N-dealkylation sites (tertiary alicyclic amines) is 1. The first-order valence-electron chi connectivity index (χ1n) is 51.0. The maximum absolute atomic E-state index is 13.8. The molecule has 10 fully saturated rings. The zero-order valence-electron chi connectivity index (χ0n) is 83.4. The minimum atomic E-state index is -4.53. The molecular formula is C104H138ClF9N24O7. The van der Waals surface area contributed by atoms with Crippen LogP contribution in [-0.4, -0.2) is 327 Å². The molecule has 10 aliphatic rings. The predicted molar refractivity (Wildman–Crippen MR) is 553 cm³/mol. The average molecular weight is 2040 g/mol. The van der Waals surface area contributed by atoms with Crippen molar-refractivity contribution < 1.29 is 72.9 Å². The summed E-state index contributed by atoms with van der Waals surface area (Å²) in [7, 11) is 8.54. The fourth-order valence-corrected chi connectivity index (χ4v) is 18.8. The van der Waals surface area contributed by atoms with Gasteiger partial charge in [0.2, 0.25) is 17.7 Å². The van der Waals surface area contributed by atoms with Gasteiger partial charge in [-0.1, -0.05) is 11.6 Å². The lowest BCUT2D eigenvalue weighted by molar-refractivity contribution is -0.138. The number of nitrogens with one attached hydrogen (secondary N) is 8. The molecule has 41 heteroatoms. The summed E-state index contributed by atoms with van der Waals surface area (Å²) in [6.07, 6.45) is 1.47. The maximum Gasteiger partial charge on any atom is 0.419 e. The van der Waals surface area contributed by atoms with E-state index >= 15 is 0 Å². The molecule has 8 saturated heterocycles. The van der Waals surface area contributed by atoms with Crippen LogP contribution in [-0.2, 0) is 47.1 Å². The lowest BCUT2D eigenvalue weighted by Crippen LogP contribution is -2.44. The Labute approximate surface area is 848 Å². The number of alkyl halides is 9. The molecule has 2 saturated carbocycles. The standard InChI is InChI=1S/C28H37F3N6O2.C27H37ClN6O2.C25H33F3N6O.C24H31F3N6O2/c1-35-10-12-36(13-11-35)21-5-6-24(22(17-21)20-3-4-20)34-26-18-25(23(19-33-26)28(29,30)31)32-8-2-9-37-14-16-39-15-7-27(37)38;1-32-10-12-33(13-11-32)21-5-6-24(22(17-21)20-3-4-20)31-26-18-25(23(28)19-30-26)29-8-2-9-34-14-16-36-15-7-27(34)35;1-32-13-15-33(16-14-32)20-8-6-19(7-9-20)31-23-17-22(21(18-30-23)25(26,27)28)29-10-4-12-34-11-3-2-5-24(34)35;1-31-11-13-32(14-12-31)19-6-4-18(5-7-19)30-22-16-21(20(17-29-22)24(25,26)27)28-8-2-9-33-10-3-15-35-23(33)34/h5-6,17-20H,2-4,7-16H2,1H3,(H2,32,33,34);5-6,17-20H,2-4,7-16H2,1H3,(H2,29,30,31);6-9,17-18H,2-5,10-16H2,1H3,(H2,29,30,31);4-7,16-17H,2-3,8-15H2,1H3,(H2,28,29,30). The summed E-state index contributed by atoms with van der Waals surface area (Å²) in [4.78, 5) is 90.3. The number of carbonyl (C=O) groups is 4. The third-order valence-corrected chi connectivity index (χ3v) is 28.0. The minimum absolute atomic E-state index is 0.0176. The van der Waals surface area contributed by atoms with Crippen LogP contribution in [0.3, 0.4) is 0 Å². The number of benzene rings is 4. The number of halogens is 10. The third kappa shape index (κ3) is 32.1. The third-order valence-electron chi connectivity index (χ3n) is 27.7. The summed E-state index contributed by atoms with van der Waals surface area (Å²) >= 11 is 6.44. The first kappa shape index (κ1) is 107. The van der Waals surface area contributed by atoms with Gasteiger partial charge in [0.25, 0.3) is 0 Å². The van der Waals surface area contributed by atoms with E-state index in [-0.39, 0.29) is 47.4 Å². The minimum Gasteiger partial charge on any atom is -0.449 e. The highest BCUT2D eigenvalue weighted by Crippen LogP contribution is 2.48. The summed E-state index contributed by atoms with van der Waals surface area (Å²) in [6.45, 7) is 24.9. The number of amides is 4. The number of ether oxygens (including phenoxy) is 3. The summed E-state index contributed by atoms with van der Waals surface area (Å²) in [5, 5.41) is 25.8. The molecule has 18 rings (SSSR count). The second kappa shape index (κ2) is 51.5. The summed E-state index contributed by atoms with van der Waals surface area (Å²) < 4.78 is 138. The van der Waals surface area contributed by atoms with E-state index in [0.717, 1.165) is 221 Å². The molecule has 4 aromatic carbocycles. The van der Waals surface area contributed by atoms with Crippen molar-refractivity contribution in [2.75, 3.05) is 307 Å². The Balaban J connectivity index is 0.000000145. The molecular weight excluding hydrogens is 1900 g/mol. The number of piperidine rings is 1. The molecule has 0 bridgehead atoms. The first-order valence-corrected chi connectivity index (χ1v) is 51.3. The first-order chi connectivity index (χ1) is 69.9. The van der Waals surface area contributed by atoms with Crippen molar-refractivity contribution in [2.45, 2.75) is 120 Å². The molecule has 4 aromatic heterocycles. The SMILES string of the molecule is CN1CCN(c2ccc(Nc3cc(NCCCN4CCCCC4=O)c(C(F)(F)F)cn3)cc2)CC1.CN1CCN(c2ccc(Nc3cc(NCCCN4CCCOC4=O)c(C(F)(F)F)cn3)cc2)CC1.CN1CCN(c2ccc(Nc3cc(NCCCN4CCOCCC4=O)c(C(F)(F)F)cn3)c(C3CC3)c2)CC1.CN1CCN(c2ccc(Nc3cc(NCCCN4CCOCCC4=O)c(Cl)cn3)c(C3CC3)c2)CC1. The van der Waals surface area contributed by atoms with Gasteiger partial charge in [0.15, 0.2) is 0 Å². The monoisotopic (exact) mass is 2040 g/mol. The van der Waals surface area contributed by atoms with E-state index in [2.05, 4.69) is 160 Å². The number of hydrogen-bond acceptors (Lipinski definition) is 27. The van der Waals surface area contributed by atoms with Crippen molar-refractivity contribution >= 4 is 127 Å². The molecule has 8 aromatic rings. The Bertz CT molecular complexity index is 5370. The van der Waals surface area contributed by atoms with Crippen molar-refractivity contribution in [3.05, 3.63) is 167 Å². The van der Waals surface area contributed by atoms with E-state index in [1.807, 2.05) is 65.6 Å². The van der Waals surface area contributed by atoms with E-state index in [1.165, 1.54) is 53.5 Å². The van der Waals surface area contributed by atoms with Gasteiger partial charge in [0.05, 0.1) is 96.5 Å². The molecule has 0 radical (unpaired) electrons. The van der Waals surface area contributed by atoms with Crippen LogP contribution in [0, 0.1) is 0 Å². The zero-order valence-corrected chi connectivity index (χ0v) is 84.1. The van der Waals surface area contributed by atoms with Gasteiger partial charge in [-0.05, 0) is 207 Å². The molecule has 4 amide bonds. The molecule has 8 N–H and O–H groups in total. The molecule has 145 heavy (non-hydrogen) atoms. The number of anilines is 16. The molecule has 0 spiro atoms. The largest absolute Gasteiger partial charge is 0.449 e. The van der Waals surface area contributed by atoms with E-state index in [0.29, 0.717) is 165 Å². The van der Waals surface area contributed by atoms with Crippen molar-refractivity contribution in [3.8, 4) is 0 Å². The topological polar surface area (TPSA) is 283 Å². The smallest absolute Gasteiger partial charge is 0.419 e. The summed E-state index contributed by atoms with van der Waals surface area (Å²) in [5.41, 5.74) is 9.13. The van der Waals surface area contributed by atoms with Gasteiger partial charge in [0.1, 0.15) is 23.3 Å². The zero-order chi connectivity index (χ0) is 102. The lowest BCUT2D eigenvalue weighted by Gasteiger charge is -2.34.